The number of H-pyrrole nitrogens is 1. The number of benzene rings is 2. The Hall–Kier alpha value is -3.38. The molecule has 6 nitrogen and oxygen atoms in total. The van der Waals surface area contributed by atoms with Gasteiger partial charge < -0.3 is 15.8 Å². The summed E-state index contributed by atoms with van der Waals surface area (Å²) in [6, 6.07) is 12.2. The Morgan fingerprint density at radius 2 is 1.96 bits per heavy atom. The molecule has 128 valence electrons. The van der Waals surface area contributed by atoms with E-state index < -0.39 is 0 Å². The van der Waals surface area contributed by atoms with Gasteiger partial charge in [-0.2, -0.15) is 0 Å². The summed E-state index contributed by atoms with van der Waals surface area (Å²) in [5, 5.41) is 18.8. The zero-order valence-electron chi connectivity index (χ0n) is 13.5. The van der Waals surface area contributed by atoms with Gasteiger partial charge in [0.05, 0.1) is 16.6 Å². The van der Waals surface area contributed by atoms with Gasteiger partial charge in [0.25, 0.3) is 0 Å². The Kier molecular flexibility index (Phi) is 3.82. The topological polar surface area (TPSA) is 112 Å². The number of pyridine rings is 1. The number of aromatic nitrogens is 3. The van der Waals surface area contributed by atoms with E-state index in [-0.39, 0.29) is 11.6 Å². The molecule has 0 bridgehead atoms. The first-order chi connectivity index (χ1) is 12.5. The van der Waals surface area contributed by atoms with Gasteiger partial charge in [0, 0.05) is 34.1 Å². The summed E-state index contributed by atoms with van der Waals surface area (Å²) in [4.78, 5) is 11.8. The third-order valence-electron chi connectivity index (χ3n) is 4.10. The lowest BCUT2D eigenvalue weighted by Crippen LogP contribution is -2.10. The van der Waals surface area contributed by atoms with Crippen LogP contribution < -0.4 is 5.73 Å². The van der Waals surface area contributed by atoms with Crippen molar-refractivity contribution in [1.29, 1.82) is 5.41 Å². The molecule has 4 aromatic rings. The van der Waals surface area contributed by atoms with Gasteiger partial charge in [-0.3, -0.25) is 10.4 Å². The number of rotatable bonds is 3. The van der Waals surface area contributed by atoms with E-state index in [9.17, 15) is 5.11 Å². The molecule has 0 aliphatic rings. The Balaban J connectivity index is 1.89. The third-order valence-corrected chi connectivity index (χ3v) is 4.31. The largest absolute Gasteiger partial charge is 0.507 e. The molecule has 2 aromatic carbocycles. The molecule has 0 unspecified atom stereocenters. The summed E-state index contributed by atoms with van der Waals surface area (Å²) in [5.74, 6) is 0.514. The van der Waals surface area contributed by atoms with Gasteiger partial charge in [-0.25, -0.2) is 4.98 Å². The van der Waals surface area contributed by atoms with Crippen molar-refractivity contribution in [2.75, 3.05) is 0 Å². The zero-order valence-corrected chi connectivity index (χ0v) is 14.2. The summed E-state index contributed by atoms with van der Waals surface area (Å²) in [6.45, 7) is 0. The van der Waals surface area contributed by atoms with E-state index in [1.807, 2.05) is 6.07 Å². The van der Waals surface area contributed by atoms with E-state index in [0.29, 0.717) is 33.1 Å². The lowest BCUT2D eigenvalue weighted by Gasteiger charge is -2.09. The number of halogens is 1. The maximum Gasteiger partial charge on any atom is 0.142 e. The van der Waals surface area contributed by atoms with E-state index in [0.717, 1.165) is 11.1 Å². The first-order valence-electron chi connectivity index (χ1n) is 7.80. The van der Waals surface area contributed by atoms with Gasteiger partial charge in [-0.15, -0.1) is 0 Å². The first kappa shape index (κ1) is 16.1. The molecule has 0 saturated carbocycles. The molecule has 0 spiro atoms. The van der Waals surface area contributed by atoms with Crippen LogP contribution in [0.25, 0.3) is 33.5 Å². The van der Waals surface area contributed by atoms with Crippen LogP contribution in [0.5, 0.6) is 5.75 Å². The van der Waals surface area contributed by atoms with Crippen molar-refractivity contribution in [3.05, 3.63) is 65.4 Å². The Labute approximate surface area is 153 Å². The van der Waals surface area contributed by atoms with Gasteiger partial charge in [0.2, 0.25) is 0 Å². The average Bonchev–Trinajstić information content (AvgIpc) is 3.07. The van der Waals surface area contributed by atoms with Crippen molar-refractivity contribution in [2.45, 2.75) is 0 Å². The highest BCUT2D eigenvalue weighted by Gasteiger charge is 2.16. The number of nitrogens with two attached hydrogens (primary N) is 1. The Morgan fingerprint density at radius 3 is 2.69 bits per heavy atom. The van der Waals surface area contributed by atoms with Crippen LogP contribution in [0.2, 0.25) is 5.02 Å². The predicted molar refractivity (Wildman–Crippen MR) is 102 cm³/mol. The van der Waals surface area contributed by atoms with Gasteiger partial charge in [-0.05, 0) is 36.4 Å². The van der Waals surface area contributed by atoms with Crippen LogP contribution in [0.3, 0.4) is 0 Å². The second-order valence-electron chi connectivity index (χ2n) is 5.82. The summed E-state index contributed by atoms with van der Waals surface area (Å²) < 4.78 is 0. The van der Waals surface area contributed by atoms with Crippen LogP contribution in [0.1, 0.15) is 5.56 Å². The number of hydrogen-bond donors (Lipinski definition) is 4. The molecule has 0 saturated heterocycles. The quantitative estimate of drug-likeness (QED) is 0.326. The normalized spacial score (nSPS) is 11.0. The van der Waals surface area contributed by atoms with Gasteiger partial charge in [0.1, 0.15) is 17.4 Å². The number of fused-ring (bicyclic) bond motifs is 1. The molecule has 5 N–H and O–H groups in total. The van der Waals surface area contributed by atoms with E-state index in [2.05, 4.69) is 15.0 Å². The van der Waals surface area contributed by atoms with Crippen molar-refractivity contribution in [1.82, 2.24) is 15.0 Å². The monoisotopic (exact) mass is 363 g/mol. The fourth-order valence-corrected chi connectivity index (χ4v) is 3.04. The molecular formula is C19H14ClN5O. The number of aromatic amines is 1. The number of phenols is 1. The number of nitrogen functional groups attached to an aromatic ring is 1. The molecule has 2 aromatic heterocycles. The molecule has 26 heavy (non-hydrogen) atoms. The average molecular weight is 364 g/mol. The predicted octanol–water partition coefficient (Wildman–Crippen LogP) is 3.93. The van der Waals surface area contributed by atoms with Crippen molar-refractivity contribution in [2.24, 2.45) is 5.73 Å². The van der Waals surface area contributed by atoms with Crippen LogP contribution in [0.15, 0.2) is 54.9 Å². The third kappa shape index (κ3) is 2.76. The number of aromatic hydroxyl groups is 1. The second kappa shape index (κ2) is 6.16. The Bertz CT molecular complexity index is 1140. The fourth-order valence-electron chi connectivity index (χ4n) is 2.82. The van der Waals surface area contributed by atoms with E-state index in [1.54, 1.807) is 48.8 Å². The van der Waals surface area contributed by atoms with Crippen molar-refractivity contribution in [3.8, 4) is 28.3 Å². The number of phenolic OH excluding ortho intramolecular Hbond substituents is 1. The van der Waals surface area contributed by atoms with Crippen LogP contribution >= 0.6 is 11.6 Å². The van der Waals surface area contributed by atoms with Gasteiger partial charge in [-0.1, -0.05) is 17.7 Å². The molecule has 0 fully saturated rings. The molecular weight excluding hydrogens is 350 g/mol. The van der Waals surface area contributed by atoms with Crippen LogP contribution in [-0.2, 0) is 0 Å². The number of nitrogens with one attached hydrogen (secondary N) is 2. The molecule has 0 aliphatic heterocycles. The van der Waals surface area contributed by atoms with Crippen molar-refractivity contribution >= 4 is 28.5 Å². The molecule has 0 radical (unpaired) electrons. The first-order valence-corrected chi connectivity index (χ1v) is 8.18. The highest BCUT2D eigenvalue weighted by molar-refractivity contribution is 6.31. The summed E-state index contributed by atoms with van der Waals surface area (Å²) in [5.41, 5.74) is 9.35. The number of imidazole rings is 1. The Morgan fingerprint density at radius 1 is 1.15 bits per heavy atom. The molecule has 7 heteroatoms. The summed E-state index contributed by atoms with van der Waals surface area (Å²) >= 11 is 6.27. The van der Waals surface area contributed by atoms with Crippen LogP contribution in [-0.4, -0.2) is 25.9 Å². The molecule has 2 heterocycles. The molecule has 0 atom stereocenters. The molecule has 0 amide bonds. The zero-order chi connectivity index (χ0) is 18.3. The number of amidine groups is 1. The summed E-state index contributed by atoms with van der Waals surface area (Å²) in [6.07, 6.45) is 3.32. The minimum atomic E-state index is -0.0269. The number of hydrogen-bond acceptors (Lipinski definition) is 4. The van der Waals surface area contributed by atoms with Crippen LogP contribution in [0, 0.1) is 5.41 Å². The van der Waals surface area contributed by atoms with E-state index in [4.69, 9.17) is 22.7 Å². The number of nitrogens with zero attached hydrogens (tertiary/aromatic N) is 2. The van der Waals surface area contributed by atoms with E-state index >= 15 is 0 Å². The standard InChI is InChI=1S/C19H14ClN5O/c20-12-7-13(11-2-1-5-23-9-11)17(26)14(8-12)19-24-15-4-3-10(18(21)22)6-16(15)25-19/h1-9,26H,(H3,21,22)(H,24,25). The van der Waals surface area contributed by atoms with Crippen molar-refractivity contribution in [3.63, 3.8) is 0 Å². The minimum Gasteiger partial charge on any atom is -0.507 e. The van der Waals surface area contributed by atoms with Crippen molar-refractivity contribution < 1.29 is 5.11 Å². The molecule has 4 rings (SSSR count). The van der Waals surface area contributed by atoms with Gasteiger partial charge in [0.15, 0.2) is 0 Å². The second-order valence-corrected chi connectivity index (χ2v) is 6.26. The lowest BCUT2D eigenvalue weighted by molar-refractivity contribution is 0.479. The summed E-state index contributed by atoms with van der Waals surface area (Å²) in [7, 11) is 0. The lowest BCUT2D eigenvalue weighted by atomic mass is 10.0. The molecule has 0 aliphatic carbocycles. The van der Waals surface area contributed by atoms with Gasteiger partial charge >= 0.3 is 0 Å². The minimum absolute atomic E-state index is 0.0269. The maximum atomic E-state index is 10.8. The van der Waals surface area contributed by atoms with Crippen LogP contribution in [0.4, 0.5) is 0 Å². The smallest absolute Gasteiger partial charge is 0.142 e. The maximum absolute atomic E-state index is 10.8. The SMILES string of the molecule is N=C(N)c1ccc2[nH]c(-c3cc(Cl)cc(-c4cccnc4)c3O)nc2c1. The van der Waals surface area contributed by atoms with E-state index in [1.165, 1.54) is 0 Å². The highest BCUT2D eigenvalue weighted by atomic mass is 35.5. The highest BCUT2D eigenvalue weighted by Crippen LogP contribution is 2.39. The fraction of sp³-hybridized carbons (Fsp3) is 0.